The summed E-state index contributed by atoms with van der Waals surface area (Å²) in [5.74, 6) is 0.612. The van der Waals surface area contributed by atoms with Gasteiger partial charge in [-0.05, 0) is 55.8 Å². The Hall–Kier alpha value is -2.67. The average molecular weight is 387 g/mol. The fraction of sp³-hybridized carbons (Fsp3) is 0.333. The number of hydrogen-bond donors (Lipinski definition) is 0. The number of nitrogens with zero attached hydrogens (tertiary/aromatic N) is 3. The lowest BCUT2D eigenvalue weighted by Gasteiger charge is -2.26. The first-order valence-corrected chi connectivity index (χ1v) is 9.32. The van der Waals surface area contributed by atoms with Crippen molar-refractivity contribution in [2.45, 2.75) is 32.0 Å². The van der Waals surface area contributed by atoms with E-state index >= 15 is 0 Å². The molecule has 0 N–H and O–H groups in total. The molecule has 1 aliphatic heterocycles. The quantitative estimate of drug-likeness (QED) is 0.600. The molecule has 1 aromatic heterocycles. The maximum Gasteiger partial charge on any atom is 0.416 e. The summed E-state index contributed by atoms with van der Waals surface area (Å²) in [4.78, 5) is 6.77. The molecule has 3 aromatic rings. The normalized spacial score (nSPS) is 15.7. The highest BCUT2D eigenvalue weighted by atomic mass is 19.4. The number of aromatic nitrogens is 2. The predicted molar refractivity (Wildman–Crippen MR) is 99.3 cm³/mol. The average Bonchev–Trinajstić information content (AvgIpc) is 3.19. The van der Waals surface area contributed by atoms with Crippen molar-refractivity contribution in [2.24, 2.45) is 0 Å². The summed E-state index contributed by atoms with van der Waals surface area (Å²) in [6.45, 7) is 3.22. The van der Waals surface area contributed by atoms with Crippen molar-refractivity contribution in [3.05, 3.63) is 59.7 Å². The molecule has 0 saturated carbocycles. The first-order valence-electron chi connectivity index (χ1n) is 9.32. The maximum atomic E-state index is 12.7. The molecule has 1 aliphatic rings. The lowest BCUT2D eigenvalue weighted by Crippen LogP contribution is -2.28. The zero-order valence-electron chi connectivity index (χ0n) is 15.2. The van der Waals surface area contributed by atoms with E-state index in [1.165, 1.54) is 37.0 Å². The molecule has 146 valence electrons. The summed E-state index contributed by atoms with van der Waals surface area (Å²) in [6.07, 6.45) is -0.537. The molecule has 1 saturated heterocycles. The smallest absolute Gasteiger partial charge is 0.334 e. The fourth-order valence-corrected chi connectivity index (χ4v) is 3.39. The summed E-state index contributed by atoms with van der Waals surface area (Å²) < 4.78 is 43.3. The van der Waals surface area contributed by atoms with Gasteiger partial charge in [-0.1, -0.05) is 35.8 Å². The van der Waals surface area contributed by atoms with E-state index in [2.05, 4.69) is 27.2 Å². The maximum absolute atomic E-state index is 12.7. The molecule has 0 radical (unpaired) electrons. The Bertz CT molecular complexity index is 911. The number of likely N-dealkylation sites (tertiary alicyclic amines) is 1. The Kier molecular flexibility index (Phi) is 5.17. The zero-order chi connectivity index (χ0) is 19.6. The van der Waals surface area contributed by atoms with Gasteiger partial charge in [-0.15, -0.1) is 0 Å². The van der Waals surface area contributed by atoms with Crippen molar-refractivity contribution in [3.8, 4) is 22.8 Å². The number of halogens is 3. The molecule has 2 heterocycles. The molecule has 0 amide bonds. The van der Waals surface area contributed by atoms with Crippen molar-refractivity contribution < 1.29 is 17.7 Å². The van der Waals surface area contributed by atoms with Crippen LogP contribution in [0.4, 0.5) is 13.2 Å². The molecule has 0 spiro atoms. The van der Waals surface area contributed by atoms with E-state index in [-0.39, 0.29) is 5.89 Å². The second-order valence-corrected chi connectivity index (χ2v) is 7.03. The number of piperidine rings is 1. The highest BCUT2D eigenvalue weighted by Crippen LogP contribution is 2.31. The summed E-state index contributed by atoms with van der Waals surface area (Å²) in [5.41, 5.74) is 1.79. The molecule has 0 aliphatic carbocycles. The zero-order valence-corrected chi connectivity index (χ0v) is 15.2. The minimum Gasteiger partial charge on any atom is -0.334 e. The van der Waals surface area contributed by atoms with Crippen LogP contribution in [0, 0.1) is 0 Å². The number of alkyl halides is 3. The SMILES string of the molecule is FC(F)(F)c1ccc(-c2nc(-c3ccc(CN4CCCCC4)cc3)no2)cc1. The van der Waals surface area contributed by atoms with E-state index in [0.717, 1.165) is 37.3 Å². The molecule has 7 heteroatoms. The van der Waals surface area contributed by atoms with Gasteiger partial charge in [0.1, 0.15) is 0 Å². The third-order valence-corrected chi connectivity index (χ3v) is 4.95. The van der Waals surface area contributed by atoms with E-state index in [9.17, 15) is 13.2 Å². The lowest BCUT2D eigenvalue weighted by atomic mass is 10.1. The first kappa shape index (κ1) is 18.7. The van der Waals surface area contributed by atoms with E-state index in [1.807, 2.05) is 12.1 Å². The second kappa shape index (κ2) is 7.75. The van der Waals surface area contributed by atoms with Crippen molar-refractivity contribution in [3.63, 3.8) is 0 Å². The fourth-order valence-electron chi connectivity index (χ4n) is 3.39. The molecule has 4 nitrogen and oxygen atoms in total. The van der Waals surface area contributed by atoms with Gasteiger partial charge in [0.2, 0.25) is 5.82 Å². The lowest BCUT2D eigenvalue weighted by molar-refractivity contribution is -0.137. The van der Waals surface area contributed by atoms with Crippen LogP contribution in [0.2, 0.25) is 0 Å². The third kappa shape index (κ3) is 4.25. The van der Waals surface area contributed by atoms with Crippen molar-refractivity contribution in [1.82, 2.24) is 15.0 Å². The third-order valence-electron chi connectivity index (χ3n) is 4.95. The van der Waals surface area contributed by atoms with Crippen LogP contribution in [0.5, 0.6) is 0 Å². The monoisotopic (exact) mass is 387 g/mol. The highest BCUT2D eigenvalue weighted by molar-refractivity contribution is 5.60. The van der Waals surface area contributed by atoms with Crippen molar-refractivity contribution in [1.29, 1.82) is 0 Å². The van der Waals surface area contributed by atoms with Gasteiger partial charge in [0, 0.05) is 17.7 Å². The predicted octanol–water partition coefficient (Wildman–Crippen LogP) is 5.41. The van der Waals surface area contributed by atoms with Crippen LogP contribution >= 0.6 is 0 Å². The minimum absolute atomic E-state index is 0.195. The van der Waals surface area contributed by atoms with Gasteiger partial charge in [0.05, 0.1) is 5.56 Å². The van der Waals surface area contributed by atoms with Gasteiger partial charge in [-0.3, -0.25) is 4.90 Å². The van der Waals surface area contributed by atoms with Gasteiger partial charge < -0.3 is 4.52 Å². The van der Waals surface area contributed by atoms with Gasteiger partial charge in [0.25, 0.3) is 5.89 Å². The van der Waals surface area contributed by atoms with E-state index in [4.69, 9.17) is 4.52 Å². The first-order chi connectivity index (χ1) is 13.5. The summed E-state index contributed by atoms with van der Waals surface area (Å²) in [6, 6.07) is 12.7. The Balaban J connectivity index is 1.46. The minimum atomic E-state index is -4.37. The highest BCUT2D eigenvalue weighted by Gasteiger charge is 2.30. The van der Waals surface area contributed by atoms with Crippen LogP contribution in [-0.2, 0) is 12.7 Å². The topological polar surface area (TPSA) is 42.2 Å². The second-order valence-electron chi connectivity index (χ2n) is 7.03. The molecule has 1 fully saturated rings. The Labute approximate surface area is 161 Å². The number of hydrogen-bond acceptors (Lipinski definition) is 4. The van der Waals surface area contributed by atoms with Gasteiger partial charge >= 0.3 is 6.18 Å². The van der Waals surface area contributed by atoms with Crippen LogP contribution < -0.4 is 0 Å². The molecular formula is C21H20F3N3O. The molecular weight excluding hydrogens is 367 g/mol. The van der Waals surface area contributed by atoms with Crippen LogP contribution in [0.15, 0.2) is 53.1 Å². The van der Waals surface area contributed by atoms with Crippen LogP contribution in [0.25, 0.3) is 22.8 Å². The van der Waals surface area contributed by atoms with E-state index in [0.29, 0.717) is 11.4 Å². The van der Waals surface area contributed by atoms with E-state index in [1.54, 1.807) is 0 Å². The van der Waals surface area contributed by atoms with Crippen LogP contribution in [0.3, 0.4) is 0 Å². The van der Waals surface area contributed by atoms with Gasteiger partial charge in [0.15, 0.2) is 0 Å². The summed E-state index contributed by atoms with van der Waals surface area (Å²) in [7, 11) is 0. The molecule has 0 atom stereocenters. The Morgan fingerprint density at radius 3 is 2.14 bits per heavy atom. The molecule has 28 heavy (non-hydrogen) atoms. The number of benzene rings is 2. The van der Waals surface area contributed by atoms with Crippen molar-refractivity contribution in [2.75, 3.05) is 13.1 Å². The van der Waals surface area contributed by atoms with E-state index < -0.39 is 11.7 Å². The molecule has 0 unspecified atom stereocenters. The number of rotatable bonds is 4. The van der Waals surface area contributed by atoms with Gasteiger partial charge in [-0.25, -0.2) is 0 Å². The van der Waals surface area contributed by atoms with Crippen LogP contribution in [0.1, 0.15) is 30.4 Å². The molecule has 4 rings (SSSR count). The molecule has 2 aromatic carbocycles. The standard InChI is InChI=1S/C21H20F3N3O/c22-21(23,24)18-10-8-17(9-11-18)20-25-19(26-28-20)16-6-4-15(5-7-16)14-27-12-2-1-3-13-27/h4-11H,1-3,12-14H2. The largest absolute Gasteiger partial charge is 0.416 e. The van der Waals surface area contributed by atoms with Crippen molar-refractivity contribution >= 4 is 0 Å². The van der Waals surface area contributed by atoms with Crippen LogP contribution in [-0.4, -0.2) is 28.1 Å². The summed E-state index contributed by atoms with van der Waals surface area (Å²) >= 11 is 0. The summed E-state index contributed by atoms with van der Waals surface area (Å²) in [5, 5.41) is 3.96. The Morgan fingerprint density at radius 2 is 1.50 bits per heavy atom. The molecule has 0 bridgehead atoms. The van der Waals surface area contributed by atoms with Gasteiger partial charge in [-0.2, -0.15) is 18.2 Å². The Morgan fingerprint density at radius 1 is 0.857 bits per heavy atom.